The van der Waals surface area contributed by atoms with Crippen molar-refractivity contribution in [1.29, 1.82) is 0 Å². The molecule has 62 heavy (non-hydrogen) atoms. The number of halogens is 2. The first kappa shape index (κ1) is 51.5. The molecule has 9 aromatic carbocycles. The first-order chi connectivity index (χ1) is 29.3. The minimum Gasteiger partial charge on any atom is -1.00 e. The van der Waals surface area contributed by atoms with Gasteiger partial charge in [-0.05, 0) is 71.5 Å². The van der Waals surface area contributed by atoms with Gasteiger partial charge in [-0.25, -0.2) is 0 Å². The summed E-state index contributed by atoms with van der Waals surface area (Å²) in [6.45, 7) is 4.50. The van der Waals surface area contributed by atoms with Crippen LogP contribution in [0, 0.1) is 0 Å². The summed E-state index contributed by atoms with van der Waals surface area (Å²) in [5.74, 6) is 0. The molecule has 0 saturated carbocycles. The molecule has 0 N–H and O–H groups in total. The third kappa shape index (κ3) is 15.2. The van der Waals surface area contributed by atoms with Gasteiger partial charge in [0.2, 0.25) is 0 Å². The Labute approximate surface area is 399 Å². The molecule has 1 nitrogen and oxygen atoms in total. The van der Waals surface area contributed by atoms with Crippen LogP contribution < -0.4 is 47.7 Å². The van der Waals surface area contributed by atoms with E-state index in [1.807, 2.05) is 0 Å². The molecule has 0 aliphatic rings. The smallest absolute Gasteiger partial charge is 0.281 e. The maximum atomic E-state index is 7.50. The Kier molecular flexibility index (Phi) is 24.5. The minimum atomic E-state index is -0.446. The first-order valence-corrected chi connectivity index (χ1v) is 23.4. The Hall–Kier alpha value is -4.86. The van der Waals surface area contributed by atoms with Crippen LogP contribution in [0.15, 0.2) is 273 Å². The molecular formula is C55H48Cl2OP3Ru-. The van der Waals surface area contributed by atoms with Crippen molar-refractivity contribution in [2.45, 2.75) is 0 Å². The van der Waals surface area contributed by atoms with Crippen molar-refractivity contribution in [2.24, 2.45) is 0 Å². The summed E-state index contributed by atoms with van der Waals surface area (Å²) in [7, 11) is -1.34. The molecular weight excluding hydrogens is 942 g/mol. The molecule has 0 aliphatic heterocycles. The van der Waals surface area contributed by atoms with Gasteiger partial charge in [-0.2, -0.15) is 0 Å². The molecule has 9 rings (SSSR count). The molecule has 7 heteroatoms. The number of carbonyl (C=O) groups excluding carboxylic acids is 1. The molecule has 0 fully saturated rings. The monoisotopic (exact) mass is 989 g/mol. The second-order valence-corrected chi connectivity index (χ2v) is 19.7. The first-order valence-electron chi connectivity index (χ1n) is 19.4. The second-order valence-electron chi connectivity index (χ2n) is 13.0. The summed E-state index contributed by atoms with van der Waals surface area (Å²) < 4.78 is 0. The van der Waals surface area contributed by atoms with Crippen LogP contribution in [0.1, 0.15) is 1.43 Å². The zero-order valence-electron chi connectivity index (χ0n) is 34.9. The summed E-state index contributed by atoms with van der Waals surface area (Å²) >= 11 is 0. The van der Waals surface area contributed by atoms with Gasteiger partial charge in [0.05, 0.1) is 0 Å². The fourth-order valence-corrected chi connectivity index (χ4v) is 13.5. The number of hydrogen-bond acceptors (Lipinski definition) is 1. The zero-order valence-corrected chi connectivity index (χ0v) is 40.0. The van der Waals surface area contributed by atoms with Crippen molar-refractivity contribution in [2.75, 3.05) is 0 Å². The van der Waals surface area contributed by atoms with Gasteiger partial charge < -0.3 is 1.43 Å². The molecule has 9 aromatic rings. The fraction of sp³-hybridized carbons (Fsp3) is 0. The molecule has 0 aliphatic carbocycles. The van der Waals surface area contributed by atoms with Gasteiger partial charge in [0.25, 0.3) is 6.79 Å². The summed E-state index contributed by atoms with van der Waals surface area (Å²) in [6, 6.07) is 97.0. The molecule has 0 saturated heterocycles. The quantitative estimate of drug-likeness (QED) is 0.104. The van der Waals surface area contributed by atoms with Crippen molar-refractivity contribution < 1.29 is 25.7 Å². The van der Waals surface area contributed by atoms with Gasteiger partial charge in [-0.1, -0.05) is 273 Å². The average molecular weight is 990 g/mol. The van der Waals surface area contributed by atoms with Gasteiger partial charge >= 0.3 is 0 Å². The van der Waals surface area contributed by atoms with Crippen molar-refractivity contribution in [3.05, 3.63) is 273 Å². The van der Waals surface area contributed by atoms with E-state index in [-0.39, 0.29) is 45.7 Å². The van der Waals surface area contributed by atoms with Crippen LogP contribution >= 0.6 is 48.6 Å². The molecule has 0 spiro atoms. The molecule has 0 heterocycles. The van der Waals surface area contributed by atoms with E-state index in [9.17, 15) is 0 Å². The van der Waals surface area contributed by atoms with Crippen molar-refractivity contribution in [1.82, 2.24) is 0 Å². The van der Waals surface area contributed by atoms with Crippen LogP contribution in [0.4, 0.5) is 0 Å². The predicted molar refractivity (Wildman–Crippen MR) is 277 cm³/mol. The summed E-state index contributed by atoms with van der Waals surface area (Å²) in [5.41, 5.74) is 0. The summed E-state index contributed by atoms with van der Waals surface area (Å²) in [4.78, 5) is 7.50. The van der Waals surface area contributed by atoms with Crippen LogP contribution in [0.25, 0.3) is 0 Å². The van der Waals surface area contributed by atoms with E-state index in [0.717, 1.165) is 0 Å². The molecule has 2 radical (unpaired) electrons. The maximum absolute atomic E-state index is 7.50. The van der Waals surface area contributed by atoms with Gasteiger partial charge in [-0.3, -0.25) is 4.79 Å². The Morgan fingerprint density at radius 3 is 0.371 bits per heavy atom. The van der Waals surface area contributed by atoms with E-state index in [4.69, 9.17) is 4.79 Å². The van der Waals surface area contributed by atoms with Crippen LogP contribution in [-0.2, 0) is 24.3 Å². The molecule has 0 atom stereocenters. The maximum Gasteiger partial charge on any atom is 0.281 e. The molecule has 0 bridgehead atoms. The normalized spacial score (nSPS) is 9.79. The van der Waals surface area contributed by atoms with Gasteiger partial charge in [0, 0.05) is 19.5 Å². The molecule has 0 amide bonds. The van der Waals surface area contributed by atoms with Crippen LogP contribution in [0.5, 0.6) is 0 Å². The second kappa shape index (κ2) is 29.4. The van der Waals surface area contributed by atoms with Gasteiger partial charge in [0.15, 0.2) is 0 Å². The minimum absolute atomic E-state index is 0. The number of hydrogen-bond donors (Lipinski definition) is 0. The average Bonchev–Trinajstić information content (AvgIpc) is 3.34. The molecule has 0 unspecified atom stereocenters. The topological polar surface area (TPSA) is 17.1 Å². The standard InChI is InChI=1S/3C18H15P.CO.2ClH.Ru.H/c3*1-4-10-16(11-5-1)19(17-12-6-2-7-13-17)18-14-8-3-9-15-18;1-2;;;;/h3*1-15H;;2*1H;;/q;;;;;;;-1. The number of benzene rings is 9. The Bertz CT molecular complexity index is 1910. The zero-order chi connectivity index (χ0) is 40.7. The molecule has 312 valence electrons. The van der Waals surface area contributed by atoms with E-state index < -0.39 is 23.8 Å². The van der Waals surface area contributed by atoms with Crippen molar-refractivity contribution >= 4 is 103 Å². The van der Waals surface area contributed by atoms with Gasteiger partial charge in [-0.15, -0.1) is 24.8 Å². The SMILES string of the molecule is Cl.Cl.[C]=O.[H-].[Ru].c1ccc(P(c2ccccc2)c2ccccc2)cc1.c1ccc(P(c2ccccc2)c2ccccc2)cc1.c1ccc(P(c2ccccc2)c2ccccc2)cc1. The summed E-state index contributed by atoms with van der Waals surface area (Å²) in [5, 5.41) is 12.6. The molecule has 0 aromatic heterocycles. The fourth-order valence-electron chi connectivity index (χ4n) is 6.54. The third-order valence-corrected chi connectivity index (χ3v) is 16.5. The van der Waals surface area contributed by atoms with E-state index >= 15 is 0 Å². The Morgan fingerprint density at radius 1 is 0.210 bits per heavy atom. The third-order valence-electron chi connectivity index (χ3n) is 9.13. The van der Waals surface area contributed by atoms with Crippen molar-refractivity contribution in [3.8, 4) is 0 Å². The van der Waals surface area contributed by atoms with E-state index in [2.05, 4.69) is 280 Å². The Balaban J connectivity index is 0.000000309. The summed E-state index contributed by atoms with van der Waals surface area (Å²) in [6.07, 6.45) is 0. The number of rotatable bonds is 9. The predicted octanol–water partition coefficient (Wildman–Crippen LogP) is 10.9. The van der Waals surface area contributed by atoms with E-state index in [1.165, 1.54) is 47.7 Å². The Morgan fingerprint density at radius 2 is 0.290 bits per heavy atom. The van der Waals surface area contributed by atoms with Crippen LogP contribution in [-0.4, -0.2) is 6.79 Å². The van der Waals surface area contributed by atoms with E-state index in [0.29, 0.717) is 0 Å². The largest absolute Gasteiger partial charge is 1.00 e. The van der Waals surface area contributed by atoms with E-state index in [1.54, 1.807) is 0 Å². The van der Waals surface area contributed by atoms with Crippen LogP contribution in [0.2, 0.25) is 0 Å². The van der Waals surface area contributed by atoms with Crippen molar-refractivity contribution in [3.63, 3.8) is 0 Å². The van der Waals surface area contributed by atoms with Crippen LogP contribution in [0.3, 0.4) is 0 Å². The van der Waals surface area contributed by atoms with Gasteiger partial charge in [0.1, 0.15) is 0 Å².